The molecule has 0 bridgehead atoms. The minimum absolute atomic E-state index is 0.671. The fraction of sp³-hybridized carbons (Fsp3) is 0.143. The summed E-state index contributed by atoms with van der Waals surface area (Å²) in [6.07, 6.45) is 0. The van der Waals surface area contributed by atoms with Gasteiger partial charge in [0.05, 0.1) is 10.7 Å². The Labute approximate surface area is 125 Å². The van der Waals surface area contributed by atoms with Crippen molar-refractivity contribution < 1.29 is 0 Å². The second-order valence-electron chi connectivity index (χ2n) is 4.07. The molecular weight excluding hydrogens is 333 g/mol. The summed E-state index contributed by atoms with van der Waals surface area (Å²) in [6.45, 7) is 2.71. The van der Waals surface area contributed by atoms with Gasteiger partial charge in [0.15, 0.2) is 0 Å². The molecule has 2 rings (SSSR count). The van der Waals surface area contributed by atoms with E-state index in [4.69, 9.17) is 23.2 Å². The second kappa shape index (κ2) is 5.96. The highest BCUT2D eigenvalue weighted by Gasteiger charge is 2.03. The maximum Gasteiger partial charge on any atom is 0.0637 e. The summed E-state index contributed by atoms with van der Waals surface area (Å²) < 4.78 is 1.03. The number of rotatable bonds is 3. The number of benzene rings is 2. The van der Waals surface area contributed by atoms with Crippen molar-refractivity contribution in [2.75, 3.05) is 5.32 Å². The van der Waals surface area contributed by atoms with Crippen LogP contribution in [-0.2, 0) is 6.54 Å². The predicted octanol–water partition coefficient (Wildman–Crippen LogP) is 5.68. The van der Waals surface area contributed by atoms with E-state index in [1.807, 2.05) is 43.3 Å². The van der Waals surface area contributed by atoms with Crippen molar-refractivity contribution in [3.63, 3.8) is 0 Å². The number of nitrogens with one attached hydrogen (secondary N) is 1. The SMILES string of the molecule is Cc1ccc(Cl)c(NCc2cc(Cl)ccc2Br)c1. The Morgan fingerprint density at radius 1 is 1.11 bits per heavy atom. The van der Waals surface area contributed by atoms with E-state index < -0.39 is 0 Å². The van der Waals surface area contributed by atoms with Crippen LogP contribution in [0.3, 0.4) is 0 Å². The summed E-state index contributed by atoms with van der Waals surface area (Å²) in [5.41, 5.74) is 3.20. The molecule has 0 aliphatic carbocycles. The predicted molar refractivity (Wildman–Crippen MR) is 82.7 cm³/mol. The Kier molecular flexibility index (Phi) is 4.55. The van der Waals surface area contributed by atoms with Gasteiger partial charge in [-0.15, -0.1) is 0 Å². The zero-order valence-corrected chi connectivity index (χ0v) is 12.9. The van der Waals surface area contributed by atoms with Crippen LogP contribution in [0, 0.1) is 6.92 Å². The van der Waals surface area contributed by atoms with Gasteiger partial charge in [-0.1, -0.05) is 45.2 Å². The molecule has 0 aliphatic rings. The molecule has 0 fully saturated rings. The lowest BCUT2D eigenvalue weighted by atomic mass is 10.2. The van der Waals surface area contributed by atoms with Crippen molar-refractivity contribution in [3.8, 4) is 0 Å². The zero-order chi connectivity index (χ0) is 13.1. The number of hydrogen-bond acceptors (Lipinski definition) is 1. The van der Waals surface area contributed by atoms with E-state index >= 15 is 0 Å². The molecule has 0 unspecified atom stereocenters. The van der Waals surface area contributed by atoms with Crippen molar-refractivity contribution in [1.29, 1.82) is 0 Å². The Hall–Kier alpha value is -0.700. The summed E-state index contributed by atoms with van der Waals surface area (Å²) in [5, 5.41) is 4.77. The molecular formula is C14H12BrCl2N. The lowest BCUT2D eigenvalue weighted by Gasteiger charge is -2.11. The van der Waals surface area contributed by atoms with Crippen LogP contribution in [0.25, 0.3) is 0 Å². The average Bonchev–Trinajstić information content (AvgIpc) is 2.34. The van der Waals surface area contributed by atoms with Crippen LogP contribution >= 0.6 is 39.1 Å². The van der Waals surface area contributed by atoms with Crippen LogP contribution in [-0.4, -0.2) is 0 Å². The molecule has 0 aromatic heterocycles. The highest BCUT2D eigenvalue weighted by Crippen LogP contribution is 2.26. The first-order valence-electron chi connectivity index (χ1n) is 5.50. The number of hydrogen-bond donors (Lipinski definition) is 1. The molecule has 2 aromatic rings. The van der Waals surface area contributed by atoms with Gasteiger partial charge in [0, 0.05) is 16.0 Å². The second-order valence-corrected chi connectivity index (χ2v) is 5.77. The number of halogens is 3. The smallest absolute Gasteiger partial charge is 0.0637 e. The number of anilines is 1. The fourth-order valence-electron chi connectivity index (χ4n) is 1.64. The molecule has 1 nitrogen and oxygen atoms in total. The summed E-state index contributed by atoms with van der Waals surface area (Å²) in [6, 6.07) is 11.6. The summed E-state index contributed by atoms with van der Waals surface area (Å²) in [7, 11) is 0. The topological polar surface area (TPSA) is 12.0 Å². The fourth-order valence-corrected chi connectivity index (χ4v) is 2.41. The van der Waals surface area contributed by atoms with E-state index in [0.717, 1.165) is 25.8 Å². The molecule has 0 atom stereocenters. The van der Waals surface area contributed by atoms with Crippen molar-refractivity contribution in [2.45, 2.75) is 13.5 Å². The molecule has 2 aromatic carbocycles. The molecule has 18 heavy (non-hydrogen) atoms. The van der Waals surface area contributed by atoms with E-state index in [2.05, 4.69) is 21.2 Å². The molecule has 0 heterocycles. The molecule has 94 valence electrons. The first-order chi connectivity index (χ1) is 8.56. The zero-order valence-electron chi connectivity index (χ0n) is 9.81. The van der Waals surface area contributed by atoms with Crippen molar-refractivity contribution in [2.24, 2.45) is 0 Å². The third-order valence-corrected chi connectivity index (χ3v) is 3.94. The molecule has 0 spiro atoms. The van der Waals surface area contributed by atoms with Gasteiger partial charge in [0.25, 0.3) is 0 Å². The molecule has 0 amide bonds. The average molecular weight is 345 g/mol. The Morgan fingerprint density at radius 3 is 2.67 bits per heavy atom. The van der Waals surface area contributed by atoms with Gasteiger partial charge in [-0.3, -0.25) is 0 Å². The Morgan fingerprint density at radius 2 is 1.89 bits per heavy atom. The minimum Gasteiger partial charge on any atom is -0.380 e. The van der Waals surface area contributed by atoms with Gasteiger partial charge in [-0.2, -0.15) is 0 Å². The first kappa shape index (κ1) is 13.7. The van der Waals surface area contributed by atoms with Crippen LogP contribution < -0.4 is 5.32 Å². The summed E-state index contributed by atoms with van der Waals surface area (Å²) in [4.78, 5) is 0. The standard InChI is InChI=1S/C14H12BrCl2N/c1-9-2-5-13(17)14(6-9)18-8-10-7-11(16)3-4-12(10)15/h2-7,18H,8H2,1H3. The van der Waals surface area contributed by atoms with Crippen LogP contribution in [0.2, 0.25) is 10.0 Å². The van der Waals surface area contributed by atoms with Crippen LogP contribution in [0.1, 0.15) is 11.1 Å². The van der Waals surface area contributed by atoms with Crippen molar-refractivity contribution in [1.82, 2.24) is 0 Å². The normalized spacial score (nSPS) is 10.4. The maximum atomic E-state index is 6.13. The number of aryl methyl sites for hydroxylation is 1. The van der Waals surface area contributed by atoms with Gasteiger partial charge in [0.1, 0.15) is 0 Å². The van der Waals surface area contributed by atoms with Crippen molar-refractivity contribution >= 4 is 44.8 Å². The molecule has 0 saturated carbocycles. The van der Waals surface area contributed by atoms with Crippen LogP contribution in [0.15, 0.2) is 40.9 Å². The third kappa shape index (κ3) is 3.41. The molecule has 1 N–H and O–H groups in total. The van der Waals surface area contributed by atoms with E-state index in [1.54, 1.807) is 0 Å². The molecule has 0 saturated heterocycles. The van der Waals surface area contributed by atoms with Crippen molar-refractivity contribution in [3.05, 3.63) is 62.0 Å². The van der Waals surface area contributed by atoms with Gasteiger partial charge >= 0.3 is 0 Å². The van der Waals surface area contributed by atoms with E-state index in [9.17, 15) is 0 Å². The third-order valence-electron chi connectivity index (χ3n) is 2.60. The Balaban J connectivity index is 2.16. The quantitative estimate of drug-likeness (QED) is 0.755. The van der Waals surface area contributed by atoms with E-state index in [-0.39, 0.29) is 0 Å². The molecule has 0 aliphatic heterocycles. The van der Waals surface area contributed by atoms with E-state index in [0.29, 0.717) is 6.54 Å². The highest BCUT2D eigenvalue weighted by molar-refractivity contribution is 9.10. The lowest BCUT2D eigenvalue weighted by Crippen LogP contribution is -2.01. The van der Waals surface area contributed by atoms with Gasteiger partial charge in [-0.05, 0) is 48.4 Å². The summed E-state index contributed by atoms with van der Waals surface area (Å²) >= 11 is 15.6. The first-order valence-corrected chi connectivity index (χ1v) is 7.05. The van der Waals surface area contributed by atoms with Gasteiger partial charge in [-0.25, -0.2) is 0 Å². The largest absolute Gasteiger partial charge is 0.380 e. The Bertz CT molecular complexity index is 518. The molecule has 0 radical (unpaired) electrons. The van der Waals surface area contributed by atoms with Gasteiger partial charge in [0.2, 0.25) is 0 Å². The monoisotopic (exact) mass is 343 g/mol. The minimum atomic E-state index is 0.671. The maximum absolute atomic E-state index is 6.13. The van der Waals surface area contributed by atoms with Crippen LogP contribution in [0.5, 0.6) is 0 Å². The van der Waals surface area contributed by atoms with E-state index in [1.165, 1.54) is 5.56 Å². The summed E-state index contributed by atoms with van der Waals surface area (Å²) in [5.74, 6) is 0. The lowest BCUT2D eigenvalue weighted by molar-refractivity contribution is 1.13. The van der Waals surface area contributed by atoms with Gasteiger partial charge < -0.3 is 5.32 Å². The molecule has 4 heteroatoms. The highest BCUT2D eigenvalue weighted by atomic mass is 79.9. The van der Waals surface area contributed by atoms with Crippen LogP contribution in [0.4, 0.5) is 5.69 Å².